The average molecular weight is 282 g/mol. The van der Waals surface area contributed by atoms with Crippen LogP contribution in [0.2, 0.25) is 0 Å². The third kappa shape index (κ3) is 3.17. The van der Waals surface area contributed by atoms with E-state index in [4.69, 9.17) is 16.2 Å². The molecule has 0 unspecified atom stereocenters. The van der Waals surface area contributed by atoms with E-state index < -0.39 is 0 Å². The summed E-state index contributed by atoms with van der Waals surface area (Å²) < 4.78 is 5.29. The number of hydrogen-bond acceptors (Lipinski definition) is 3. The van der Waals surface area contributed by atoms with E-state index in [1.54, 1.807) is 13.3 Å². The number of fused-ring (bicyclic) bond motifs is 1. The molecule has 19 heavy (non-hydrogen) atoms. The van der Waals surface area contributed by atoms with Gasteiger partial charge in [-0.15, -0.1) is 17.5 Å². The van der Waals surface area contributed by atoms with Crippen molar-refractivity contribution in [3.05, 3.63) is 29.5 Å². The van der Waals surface area contributed by atoms with E-state index in [-0.39, 0.29) is 18.4 Å². The number of ether oxygens (including phenoxy) is 1. The van der Waals surface area contributed by atoms with Gasteiger partial charge in [-0.3, -0.25) is 0 Å². The number of hydrogen-bond donors (Lipinski definition) is 3. The van der Waals surface area contributed by atoms with Gasteiger partial charge in [0.25, 0.3) is 0 Å². The molecule has 0 spiro atoms. The maximum absolute atomic E-state index is 5.29. The van der Waals surface area contributed by atoms with Crippen molar-refractivity contribution in [2.24, 2.45) is 21.7 Å². The normalized spacial score (nSPS) is 10.4. The van der Waals surface area contributed by atoms with Gasteiger partial charge in [-0.1, -0.05) is 0 Å². The fraction of sp³-hybridized carbons (Fsp3) is 0.167. The quantitative estimate of drug-likeness (QED) is 0.451. The van der Waals surface area contributed by atoms with Gasteiger partial charge in [0.1, 0.15) is 5.75 Å². The Hall–Kier alpha value is -2.21. The summed E-state index contributed by atoms with van der Waals surface area (Å²) in [7, 11) is 1.65. The molecule has 1 aromatic heterocycles. The van der Waals surface area contributed by atoms with Crippen LogP contribution in [0.3, 0.4) is 0 Å². The first-order valence-corrected chi connectivity index (χ1v) is 5.39. The number of nitrogens with one attached hydrogen (secondary N) is 1. The van der Waals surface area contributed by atoms with Crippen LogP contribution in [-0.2, 0) is 0 Å². The van der Waals surface area contributed by atoms with Gasteiger partial charge in [0.2, 0.25) is 5.96 Å². The van der Waals surface area contributed by atoms with Crippen molar-refractivity contribution in [3.63, 3.8) is 0 Å². The van der Waals surface area contributed by atoms with Crippen LogP contribution in [0.25, 0.3) is 10.9 Å². The Labute approximate surface area is 116 Å². The van der Waals surface area contributed by atoms with Gasteiger partial charge in [-0.05, 0) is 24.6 Å². The van der Waals surface area contributed by atoms with E-state index in [2.05, 4.69) is 15.2 Å². The van der Waals surface area contributed by atoms with Gasteiger partial charge in [-0.2, -0.15) is 5.10 Å². The summed E-state index contributed by atoms with van der Waals surface area (Å²) in [6, 6.07) is 3.98. The third-order valence-electron chi connectivity index (χ3n) is 2.60. The Kier molecular flexibility index (Phi) is 4.77. The molecule has 0 atom stereocenters. The first-order valence-electron chi connectivity index (χ1n) is 5.39. The van der Waals surface area contributed by atoms with Gasteiger partial charge >= 0.3 is 0 Å². The molecule has 102 valence electrons. The summed E-state index contributed by atoms with van der Waals surface area (Å²) in [5, 5.41) is 8.36. The zero-order valence-corrected chi connectivity index (χ0v) is 11.5. The van der Waals surface area contributed by atoms with Crippen LogP contribution in [0.4, 0.5) is 0 Å². The zero-order chi connectivity index (χ0) is 13.1. The number of benzene rings is 1. The molecule has 0 aliphatic carbocycles. The van der Waals surface area contributed by atoms with Crippen LogP contribution in [0.5, 0.6) is 5.75 Å². The van der Waals surface area contributed by atoms with Gasteiger partial charge in [0.15, 0.2) is 0 Å². The number of halogens is 1. The highest BCUT2D eigenvalue weighted by Gasteiger charge is 2.06. The fourth-order valence-corrected chi connectivity index (χ4v) is 1.76. The van der Waals surface area contributed by atoms with Crippen molar-refractivity contribution in [3.8, 4) is 5.75 Å². The third-order valence-corrected chi connectivity index (χ3v) is 2.60. The number of nitrogens with two attached hydrogens (primary N) is 2. The lowest BCUT2D eigenvalue weighted by Crippen LogP contribution is -2.21. The summed E-state index contributed by atoms with van der Waals surface area (Å²) >= 11 is 0. The molecule has 6 nitrogen and oxygen atoms in total. The number of H-pyrrole nitrogens is 1. The number of nitrogens with zero attached hydrogens (tertiary/aromatic N) is 2. The van der Waals surface area contributed by atoms with Crippen LogP contribution >= 0.6 is 12.4 Å². The SMILES string of the molecule is COc1cc2c(/C=N/N=C(N)N)c[nH]c2cc1C.Cl. The van der Waals surface area contributed by atoms with Crippen molar-refractivity contribution >= 4 is 35.5 Å². The predicted octanol–water partition coefficient (Wildman–Crippen LogP) is 1.51. The van der Waals surface area contributed by atoms with E-state index in [1.807, 2.05) is 25.3 Å². The maximum Gasteiger partial charge on any atom is 0.211 e. The molecule has 0 amide bonds. The highest BCUT2D eigenvalue weighted by molar-refractivity contribution is 6.00. The summed E-state index contributed by atoms with van der Waals surface area (Å²) in [5.41, 5.74) is 13.4. The van der Waals surface area contributed by atoms with E-state index in [0.717, 1.165) is 27.8 Å². The topological polar surface area (TPSA) is 102 Å². The van der Waals surface area contributed by atoms with Crippen LogP contribution in [0, 0.1) is 6.92 Å². The van der Waals surface area contributed by atoms with Gasteiger partial charge in [0.05, 0.1) is 13.3 Å². The van der Waals surface area contributed by atoms with Crippen molar-refractivity contribution in [1.82, 2.24) is 4.98 Å². The van der Waals surface area contributed by atoms with Gasteiger partial charge < -0.3 is 21.2 Å². The molecule has 0 bridgehead atoms. The number of guanidine groups is 1. The lowest BCUT2D eigenvalue weighted by Gasteiger charge is -2.04. The predicted molar refractivity (Wildman–Crippen MR) is 80.2 cm³/mol. The molecule has 2 rings (SSSR count). The molecule has 1 aromatic carbocycles. The van der Waals surface area contributed by atoms with Crippen molar-refractivity contribution in [2.45, 2.75) is 6.92 Å². The Balaban J connectivity index is 0.00000180. The molecular weight excluding hydrogens is 266 g/mol. The van der Waals surface area contributed by atoms with Crippen LogP contribution < -0.4 is 16.2 Å². The largest absolute Gasteiger partial charge is 0.496 e. The summed E-state index contributed by atoms with van der Waals surface area (Å²) in [4.78, 5) is 3.16. The minimum absolute atomic E-state index is 0. The Morgan fingerprint density at radius 3 is 2.74 bits per heavy atom. The highest BCUT2D eigenvalue weighted by Crippen LogP contribution is 2.26. The Bertz CT molecular complexity index is 628. The second-order valence-corrected chi connectivity index (χ2v) is 3.88. The average Bonchev–Trinajstić information content (AvgIpc) is 2.70. The van der Waals surface area contributed by atoms with Gasteiger partial charge in [-0.25, -0.2) is 0 Å². The lowest BCUT2D eigenvalue weighted by molar-refractivity contribution is 0.412. The molecule has 0 radical (unpaired) electrons. The Morgan fingerprint density at radius 2 is 2.11 bits per heavy atom. The number of aryl methyl sites for hydroxylation is 1. The number of rotatable bonds is 3. The van der Waals surface area contributed by atoms with E-state index in [9.17, 15) is 0 Å². The summed E-state index contributed by atoms with van der Waals surface area (Å²) in [6.45, 7) is 1.99. The van der Waals surface area contributed by atoms with Crippen LogP contribution in [0.15, 0.2) is 28.5 Å². The van der Waals surface area contributed by atoms with Crippen molar-refractivity contribution < 1.29 is 4.74 Å². The molecule has 0 aliphatic rings. The minimum atomic E-state index is -0.0699. The van der Waals surface area contributed by atoms with E-state index >= 15 is 0 Å². The second-order valence-electron chi connectivity index (χ2n) is 3.88. The van der Waals surface area contributed by atoms with E-state index in [1.165, 1.54) is 0 Å². The number of aromatic nitrogens is 1. The van der Waals surface area contributed by atoms with Crippen LogP contribution in [-0.4, -0.2) is 24.3 Å². The first-order chi connectivity index (χ1) is 8.61. The fourth-order valence-electron chi connectivity index (χ4n) is 1.76. The second kappa shape index (κ2) is 6.10. The number of aromatic amines is 1. The maximum atomic E-state index is 5.29. The molecule has 0 saturated carbocycles. The molecule has 2 aromatic rings. The molecule has 0 aliphatic heterocycles. The summed E-state index contributed by atoms with van der Waals surface area (Å²) in [5.74, 6) is 0.762. The number of methoxy groups -OCH3 is 1. The smallest absolute Gasteiger partial charge is 0.211 e. The van der Waals surface area contributed by atoms with Gasteiger partial charge in [0, 0.05) is 22.7 Å². The lowest BCUT2D eigenvalue weighted by atomic mass is 10.1. The zero-order valence-electron chi connectivity index (χ0n) is 10.7. The molecule has 0 fully saturated rings. The molecule has 1 heterocycles. The molecular formula is C12H16ClN5O. The van der Waals surface area contributed by atoms with Crippen molar-refractivity contribution in [2.75, 3.05) is 7.11 Å². The van der Waals surface area contributed by atoms with E-state index in [0.29, 0.717) is 0 Å². The Morgan fingerprint density at radius 1 is 1.37 bits per heavy atom. The monoisotopic (exact) mass is 281 g/mol. The highest BCUT2D eigenvalue weighted by atomic mass is 35.5. The molecule has 0 saturated heterocycles. The molecule has 7 heteroatoms. The first kappa shape index (κ1) is 14.8. The summed E-state index contributed by atoms with van der Waals surface area (Å²) in [6.07, 6.45) is 3.43. The van der Waals surface area contributed by atoms with Crippen molar-refractivity contribution in [1.29, 1.82) is 0 Å². The standard InChI is InChI=1S/C12H15N5O.ClH/c1-7-3-10-9(4-11(7)18-2)8(5-15-10)6-16-17-12(13)14;/h3-6,15H,1-2H3,(H4,13,14,17);1H/b16-6+;. The van der Waals surface area contributed by atoms with Crippen LogP contribution in [0.1, 0.15) is 11.1 Å². The molecule has 5 N–H and O–H groups in total. The minimum Gasteiger partial charge on any atom is -0.496 e.